The fourth-order valence-corrected chi connectivity index (χ4v) is 2.50. The highest BCUT2D eigenvalue weighted by Crippen LogP contribution is 2.26. The standard InChI is InChI=1S/C14H19N3O2/c1-2-8-17(9-13(18)19)14-11-6-4-3-5-7-12(11)15-10-16-14/h2,10H,1,3-9H2,(H,18,19). The Morgan fingerprint density at radius 1 is 1.37 bits per heavy atom. The number of nitrogens with zero attached hydrogens (tertiary/aromatic N) is 3. The van der Waals surface area contributed by atoms with Gasteiger partial charge in [-0.3, -0.25) is 4.79 Å². The molecule has 0 radical (unpaired) electrons. The third-order valence-corrected chi connectivity index (χ3v) is 3.33. The highest BCUT2D eigenvalue weighted by atomic mass is 16.4. The first-order valence-corrected chi connectivity index (χ1v) is 6.62. The molecule has 1 aromatic rings. The van der Waals surface area contributed by atoms with E-state index >= 15 is 0 Å². The van der Waals surface area contributed by atoms with Crippen LogP contribution < -0.4 is 4.90 Å². The Morgan fingerprint density at radius 3 is 2.89 bits per heavy atom. The van der Waals surface area contributed by atoms with Crippen molar-refractivity contribution < 1.29 is 9.90 Å². The number of aryl methyl sites for hydroxylation is 1. The third kappa shape index (κ3) is 3.30. The molecule has 19 heavy (non-hydrogen) atoms. The van der Waals surface area contributed by atoms with Gasteiger partial charge in [-0.1, -0.05) is 12.5 Å². The van der Waals surface area contributed by atoms with Gasteiger partial charge in [-0.15, -0.1) is 6.58 Å². The summed E-state index contributed by atoms with van der Waals surface area (Å²) in [6.45, 7) is 4.11. The van der Waals surface area contributed by atoms with E-state index in [9.17, 15) is 4.79 Å². The van der Waals surface area contributed by atoms with Crippen LogP contribution in [0.2, 0.25) is 0 Å². The highest BCUT2D eigenvalue weighted by Gasteiger charge is 2.19. The maximum Gasteiger partial charge on any atom is 0.323 e. The number of hydrogen-bond donors (Lipinski definition) is 1. The Balaban J connectivity index is 2.35. The lowest BCUT2D eigenvalue weighted by Gasteiger charge is -2.23. The number of anilines is 1. The summed E-state index contributed by atoms with van der Waals surface area (Å²) in [6, 6.07) is 0. The first-order valence-electron chi connectivity index (χ1n) is 6.62. The second-order valence-electron chi connectivity index (χ2n) is 4.75. The first kappa shape index (κ1) is 13.5. The van der Waals surface area contributed by atoms with Gasteiger partial charge in [0.15, 0.2) is 0 Å². The van der Waals surface area contributed by atoms with Crippen LogP contribution in [-0.2, 0) is 17.6 Å². The van der Waals surface area contributed by atoms with Crippen molar-refractivity contribution in [3.63, 3.8) is 0 Å². The van der Waals surface area contributed by atoms with Gasteiger partial charge in [-0.05, 0) is 25.7 Å². The van der Waals surface area contributed by atoms with Crippen molar-refractivity contribution in [3.05, 3.63) is 30.2 Å². The maximum absolute atomic E-state index is 11.0. The molecule has 2 rings (SSSR count). The summed E-state index contributed by atoms with van der Waals surface area (Å²) >= 11 is 0. The summed E-state index contributed by atoms with van der Waals surface area (Å²) in [6.07, 6.45) is 8.58. The number of fused-ring (bicyclic) bond motifs is 1. The summed E-state index contributed by atoms with van der Waals surface area (Å²) in [5, 5.41) is 9.01. The van der Waals surface area contributed by atoms with Crippen LogP contribution in [0.25, 0.3) is 0 Å². The first-order chi connectivity index (χ1) is 9.22. The zero-order chi connectivity index (χ0) is 13.7. The third-order valence-electron chi connectivity index (χ3n) is 3.33. The van der Waals surface area contributed by atoms with Crippen LogP contribution in [0.5, 0.6) is 0 Å². The van der Waals surface area contributed by atoms with Gasteiger partial charge in [-0.2, -0.15) is 0 Å². The van der Waals surface area contributed by atoms with Crippen LogP contribution >= 0.6 is 0 Å². The molecule has 1 heterocycles. The highest BCUT2D eigenvalue weighted by molar-refractivity contribution is 5.73. The predicted octanol–water partition coefficient (Wildman–Crippen LogP) is 1.82. The van der Waals surface area contributed by atoms with Gasteiger partial charge in [-0.25, -0.2) is 9.97 Å². The Bertz CT molecular complexity index is 474. The molecular formula is C14H19N3O2. The molecule has 0 fully saturated rings. The molecule has 0 atom stereocenters. The fourth-order valence-electron chi connectivity index (χ4n) is 2.50. The fraction of sp³-hybridized carbons (Fsp3) is 0.500. The van der Waals surface area contributed by atoms with Crippen molar-refractivity contribution in [2.24, 2.45) is 0 Å². The van der Waals surface area contributed by atoms with Gasteiger partial charge >= 0.3 is 5.97 Å². The summed E-state index contributed by atoms with van der Waals surface area (Å²) in [4.78, 5) is 21.4. The monoisotopic (exact) mass is 261 g/mol. The quantitative estimate of drug-likeness (QED) is 0.647. The van der Waals surface area contributed by atoms with Gasteiger partial charge < -0.3 is 10.0 Å². The van der Waals surface area contributed by atoms with Crippen LogP contribution in [-0.4, -0.2) is 34.1 Å². The van der Waals surface area contributed by atoms with E-state index < -0.39 is 5.97 Å². The molecule has 0 saturated carbocycles. The minimum absolute atomic E-state index is 0.0600. The van der Waals surface area contributed by atoms with Gasteiger partial charge in [0.05, 0.1) is 0 Å². The Morgan fingerprint density at radius 2 is 2.16 bits per heavy atom. The van der Waals surface area contributed by atoms with E-state index in [1.807, 2.05) is 0 Å². The Hall–Kier alpha value is -1.91. The predicted molar refractivity (Wildman–Crippen MR) is 73.3 cm³/mol. The molecular weight excluding hydrogens is 242 g/mol. The number of carbonyl (C=O) groups is 1. The summed E-state index contributed by atoms with van der Waals surface area (Å²) < 4.78 is 0. The van der Waals surface area contributed by atoms with Crippen molar-refractivity contribution in [1.82, 2.24) is 9.97 Å². The number of carboxylic acid groups (broad SMARTS) is 1. The molecule has 1 aliphatic carbocycles. The molecule has 0 spiro atoms. The van der Waals surface area contributed by atoms with Crippen molar-refractivity contribution in [2.45, 2.75) is 32.1 Å². The van der Waals surface area contributed by atoms with Gasteiger partial charge in [0.25, 0.3) is 0 Å². The minimum Gasteiger partial charge on any atom is -0.480 e. The Labute approximate surface area is 113 Å². The molecule has 1 aromatic heterocycles. The van der Waals surface area contributed by atoms with Gasteiger partial charge in [0, 0.05) is 17.8 Å². The molecule has 0 aliphatic heterocycles. The second kappa shape index (κ2) is 6.31. The van der Waals surface area contributed by atoms with Crippen LogP contribution in [0.3, 0.4) is 0 Å². The number of carboxylic acids is 1. The molecule has 0 aromatic carbocycles. The van der Waals surface area contributed by atoms with Crippen LogP contribution in [0, 0.1) is 0 Å². The molecule has 102 valence electrons. The normalized spacial score (nSPS) is 14.3. The number of aromatic nitrogens is 2. The van der Waals surface area contributed by atoms with E-state index in [4.69, 9.17) is 5.11 Å². The number of hydrogen-bond acceptors (Lipinski definition) is 4. The van der Waals surface area contributed by atoms with Crippen LogP contribution in [0.1, 0.15) is 30.5 Å². The van der Waals surface area contributed by atoms with Crippen LogP contribution in [0.15, 0.2) is 19.0 Å². The smallest absolute Gasteiger partial charge is 0.323 e. The summed E-state index contributed by atoms with van der Waals surface area (Å²) in [7, 11) is 0. The summed E-state index contributed by atoms with van der Waals surface area (Å²) in [5.41, 5.74) is 2.19. The van der Waals surface area contributed by atoms with E-state index in [1.54, 1.807) is 11.0 Å². The van der Waals surface area contributed by atoms with E-state index in [0.29, 0.717) is 6.54 Å². The van der Waals surface area contributed by atoms with E-state index in [-0.39, 0.29) is 6.54 Å². The van der Waals surface area contributed by atoms with Gasteiger partial charge in [0.1, 0.15) is 18.7 Å². The van der Waals surface area contributed by atoms with Gasteiger partial charge in [0.2, 0.25) is 0 Å². The van der Waals surface area contributed by atoms with Crippen molar-refractivity contribution in [2.75, 3.05) is 18.0 Å². The number of aliphatic carboxylic acids is 1. The van der Waals surface area contributed by atoms with Crippen LogP contribution in [0.4, 0.5) is 5.82 Å². The molecule has 0 amide bonds. The van der Waals surface area contributed by atoms with Crippen molar-refractivity contribution in [1.29, 1.82) is 0 Å². The molecule has 1 aliphatic rings. The zero-order valence-corrected chi connectivity index (χ0v) is 11.0. The SMILES string of the molecule is C=CCN(CC(=O)O)c1ncnc2c1CCCCC2. The van der Waals surface area contributed by atoms with Crippen molar-refractivity contribution >= 4 is 11.8 Å². The molecule has 5 heteroatoms. The topological polar surface area (TPSA) is 66.3 Å². The lowest BCUT2D eigenvalue weighted by Crippen LogP contribution is -2.31. The average Bonchev–Trinajstić information content (AvgIpc) is 2.62. The Kier molecular flexibility index (Phi) is 4.49. The number of rotatable bonds is 5. The maximum atomic E-state index is 11.0. The lowest BCUT2D eigenvalue weighted by atomic mass is 10.1. The lowest BCUT2D eigenvalue weighted by molar-refractivity contribution is -0.135. The molecule has 0 unspecified atom stereocenters. The molecule has 5 nitrogen and oxygen atoms in total. The minimum atomic E-state index is -0.858. The molecule has 0 saturated heterocycles. The zero-order valence-electron chi connectivity index (χ0n) is 11.0. The van der Waals surface area contributed by atoms with Crippen molar-refractivity contribution in [3.8, 4) is 0 Å². The average molecular weight is 261 g/mol. The van der Waals surface area contributed by atoms with E-state index in [1.165, 1.54) is 12.7 Å². The largest absolute Gasteiger partial charge is 0.480 e. The molecule has 0 bridgehead atoms. The second-order valence-corrected chi connectivity index (χ2v) is 4.75. The summed E-state index contributed by atoms with van der Waals surface area (Å²) in [5.74, 6) is -0.1000. The van der Waals surface area contributed by atoms with E-state index in [2.05, 4.69) is 16.5 Å². The van der Waals surface area contributed by atoms with E-state index in [0.717, 1.165) is 42.8 Å². The molecule has 1 N–H and O–H groups in total.